The number of aryl methyl sites for hydroxylation is 1. The van der Waals surface area contributed by atoms with Gasteiger partial charge in [-0.2, -0.15) is 16.6 Å². The Balaban J connectivity index is 2.48. The maximum Gasteiger partial charge on any atom is 0.273 e. The molecule has 0 spiro atoms. The molecule has 0 bridgehead atoms. The van der Waals surface area contributed by atoms with E-state index in [4.69, 9.17) is 0 Å². The Bertz CT molecular complexity index is 1250. The van der Waals surface area contributed by atoms with Crippen LogP contribution in [0.1, 0.15) is 31.9 Å². The second-order valence-corrected chi connectivity index (χ2v) is 9.28. The molecule has 0 atom stereocenters. The van der Waals surface area contributed by atoms with Gasteiger partial charge >= 0.3 is 0 Å². The molecule has 0 saturated carbocycles. The molecule has 0 saturated heterocycles. The third-order valence-corrected chi connectivity index (χ3v) is 6.05. The number of thiophene rings is 1. The number of carbonyl (C=O) groups is 1. The SMILES string of the molecule is Cc1ccccc1-n1c(=O)/c(=C\c2ccsc2)s/c1=C(/C#N)C(=O)C(C)(C)C. The Morgan fingerprint density at radius 2 is 1.93 bits per heavy atom. The smallest absolute Gasteiger partial charge is 0.273 e. The lowest BCUT2D eigenvalue weighted by Gasteiger charge is -2.15. The number of thiazole rings is 1. The summed E-state index contributed by atoms with van der Waals surface area (Å²) in [6.07, 6.45) is 1.80. The minimum atomic E-state index is -0.723. The van der Waals surface area contributed by atoms with E-state index < -0.39 is 5.41 Å². The van der Waals surface area contributed by atoms with Gasteiger partial charge in [0.1, 0.15) is 16.3 Å². The van der Waals surface area contributed by atoms with Crippen LogP contribution in [0.4, 0.5) is 0 Å². The van der Waals surface area contributed by atoms with Crippen LogP contribution in [0.15, 0.2) is 45.9 Å². The molecule has 0 aliphatic rings. The number of nitrogens with zero attached hydrogens (tertiary/aromatic N) is 2. The molecular formula is C22H20N2O2S2. The van der Waals surface area contributed by atoms with Crippen LogP contribution in [0.5, 0.6) is 0 Å². The van der Waals surface area contributed by atoms with Crippen molar-refractivity contribution in [2.24, 2.45) is 5.41 Å². The Morgan fingerprint density at radius 3 is 2.50 bits per heavy atom. The summed E-state index contributed by atoms with van der Waals surface area (Å²) in [5, 5.41) is 13.7. The molecule has 0 aliphatic heterocycles. The van der Waals surface area contributed by atoms with Crippen LogP contribution in [0.2, 0.25) is 0 Å². The van der Waals surface area contributed by atoms with Crippen molar-refractivity contribution in [1.82, 2.24) is 4.57 Å². The Kier molecular flexibility index (Phi) is 5.50. The summed E-state index contributed by atoms with van der Waals surface area (Å²) in [5.41, 5.74) is 1.56. The average Bonchev–Trinajstić information content (AvgIpc) is 3.25. The van der Waals surface area contributed by atoms with Gasteiger partial charge in [-0.05, 0) is 47.0 Å². The number of para-hydroxylation sites is 1. The van der Waals surface area contributed by atoms with Gasteiger partial charge < -0.3 is 0 Å². The van der Waals surface area contributed by atoms with Crippen LogP contribution in [-0.4, -0.2) is 10.4 Å². The van der Waals surface area contributed by atoms with Crippen molar-refractivity contribution >= 4 is 40.1 Å². The van der Waals surface area contributed by atoms with Crippen molar-refractivity contribution in [3.8, 4) is 11.8 Å². The molecule has 2 heterocycles. The highest BCUT2D eigenvalue weighted by molar-refractivity contribution is 7.08. The van der Waals surface area contributed by atoms with Gasteiger partial charge in [0.05, 0.1) is 10.2 Å². The molecule has 0 amide bonds. The highest BCUT2D eigenvalue weighted by Gasteiger charge is 2.27. The van der Waals surface area contributed by atoms with E-state index in [1.807, 2.05) is 48.0 Å². The van der Waals surface area contributed by atoms with E-state index in [2.05, 4.69) is 6.07 Å². The monoisotopic (exact) mass is 408 g/mol. The molecule has 4 nitrogen and oxygen atoms in total. The maximum absolute atomic E-state index is 13.3. The summed E-state index contributed by atoms with van der Waals surface area (Å²) in [4.78, 5) is 26.2. The van der Waals surface area contributed by atoms with Crippen molar-refractivity contribution in [1.29, 1.82) is 5.26 Å². The number of hydrogen-bond donors (Lipinski definition) is 0. The van der Waals surface area contributed by atoms with Gasteiger partial charge in [-0.1, -0.05) is 39.0 Å². The number of aromatic nitrogens is 1. The van der Waals surface area contributed by atoms with E-state index in [1.54, 1.807) is 38.2 Å². The first-order valence-corrected chi connectivity index (χ1v) is 10.5. The normalized spacial score (nSPS) is 13.3. The third-order valence-electron chi connectivity index (χ3n) is 4.25. The fourth-order valence-electron chi connectivity index (χ4n) is 2.76. The van der Waals surface area contributed by atoms with E-state index in [0.717, 1.165) is 11.1 Å². The van der Waals surface area contributed by atoms with Crippen molar-refractivity contribution in [2.45, 2.75) is 27.7 Å². The first-order chi connectivity index (χ1) is 13.2. The second-order valence-electron chi connectivity index (χ2n) is 7.47. The zero-order valence-electron chi connectivity index (χ0n) is 16.1. The number of nitriles is 1. The highest BCUT2D eigenvalue weighted by atomic mass is 32.1. The van der Waals surface area contributed by atoms with Crippen LogP contribution in [0, 0.1) is 23.7 Å². The predicted octanol–water partition coefficient (Wildman–Crippen LogP) is 3.39. The van der Waals surface area contributed by atoms with Crippen LogP contribution >= 0.6 is 22.7 Å². The molecule has 0 radical (unpaired) electrons. The van der Waals surface area contributed by atoms with Crippen LogP contribution < -0.4 is 14.8 Å². The lowest BCUT2D eigenvalue weighted by atomic mass is 9.87. The van der Waals surface area contributed by atoms with Crippen molar-refractivity contribution in [3.63, 3.8) is 0 Å². The number of rotatable bonds is 3. The van der Waals surface area contributed by atoms with Crippen LogP contribution in [0.3, 0.4) is 0 Å². The number of ketones is 1. The fraction of sp³-hybridized carbons (Fsp3) is 0.227. The topological polar surface area (TPSA) is 62.9 Å². The molecule has 0 aliphatic carbocycles. The molecule has 1 aromatic carbocycles. The zero-order chi connectivity index (χ0) is 20.5. The van der Waals surface area contributed by atoms with Crippen LogP contribution in [0.25, 0.3) is 17.3 Å². The molecule has 6 heteroatoms. The van der Waals surface area contributed by atoms with Gasteiger partial charge in [-0.3, -0.25) is 14.2 Å². The quantitative estimate of drug-likeness (QED) is 0.667. The Hall–Kier alpha value is -2.75. The second kappa shape index (κ2) is 7.70. The zero-order valence-corrected chi connectivity index (χ0v) is 17.8. The minimum absolute atomic E-state index is 0.0165. The maximum atomic E-state index is 13.3. The van der Waals surface area contributed by atoms with Crippen LogP contribution in [-0.2, 0) is 4.79 Å². The lowest BCUT2D eigenvalue weighted by molar-refractivity contribution is -0.120. The van der Waals surface area contributed by atoms with E-state index in [9.17, 15) is 14.9 Å². The Morgan fingerprint density at radius 1 is 1.21 bits per heavy atom. The van der Waals surface area contributed by atoms with E-state index in [-0.39, 0.29) is 16.9 Å². The molecule has 142 valence electrons. The van der Waals surface area contributed by atoms with Gasteiger partial charge in [0, 0.05) is 5.41 Å². The fourth-order valence-corrected chi connectivity index (χ4v) is 4.48. The van der Waals surface area contributed by atoms with Gasteiger partial charge in [-0.15, -0.1) is 11.3 Å². The first-order valence-electron chi connectivity index (χ1n) is 8.75. The molecule has 0 N–H and O–H groups in total. The molecule has 0 unspecified atom stereocenters. The van der Waals surface area contributed by atoms with Gasteiger partial charge in [0.25, 0.3) is 5.56 Å². The third kappa shape index (κ3) is 3.77. The van der Waals surface area contributed by atoms with Crippen molar-refractivity contribution in [2.75, 3.05) is 0 Å². The lowest BCUT2D eigenvalue weighted by Crippen LogP contribution is -2.33. The average molecular weight is 409 g/mol. The van der Waals surface area contributed by atoms with Crippen molar-refractivity contribution in [3.05, 3.63) is 71.8 Å². The summed E-state index contributed by atoms with van der Waals surface area (Å²) < 4.78 is 2.37. The summed E-state index contributed by atoms with van der Waals surface area (Å²) in [6.45, 7) is 7.22. The number of hydrogen-bond acceptors (Lipinski definition) is 5. The summed E-state index contributed by atoms with van der Waals surface area (Å²) in [7, 11) is 0. The molecule has 3 rings (SSSR count). The molecule has 3 aromatic rings. The molecule has 2 aromatic heterocycles. The number of carbonyl (C=O) groups excluding carboxylic acids is 1. The largest absolute Gasteiger partial charge is 0.293 e. The number of benzene rings is 1. The first kappa shape index (κ1) is 20.0. The van der Waals surface area contributed by atoms with E-state index in [0.29, 0.717) is 14.9 Å². The van der Waals surface area contributed by atoms with E-state index >= 15 is 0 Å². The summed E-state index contributed by atoms with van der Waals surface area (Å²) in [5.74, 6) is -0.277. The van der Waals surface area contributed by atoms with Crippen molar-refractivity contribution < 1.29 is 4.79 Å². The standard InChI is InChI=1S/C22H20N2O2S2/c1-14-7-5-6-8-17(14)24-20(26)18(11-15-9-10-27-13-15)28-21(24)16(12-23)19(25)22(2,3)4/h5-11,13H,1-4H3/b18-11+,21-16-. The van der Waals surface area contributed by atoms with Gasteiger partial charge in [0.2, 0.25) is 0 Å². The highest BCUT2D eigenvalue weighted by Crippen LogP contribution is 2.20. The summed E-state index contributed by atoms with van der Waals surface area (Å²) >= 11 is 2.73. The minimum Gasteiger partial charge on any atom is -0.293 e. The molecule has 0 fully saturated rings. The number of Topliss-reactive ketones (excluding diaryl/α,β-unsaturated/α-hetero) is 1. The predicted molar refractivity (Wildman–Crippen MR) is 115 cm³/mol. The molecule has 28 heavy (non-hydrogen) atoms. The van der Waals surface area contributed by atoms with E-state index in [1.165, 1.54) is 15.9 Å². The summed E-state index contributed by atoms with van der Waals surface area (Å²) in [6, 6.07) is 11.5. The van der Waals surface area contributed by atoms with Gasteiger partial charge in [-0.25, -0.2) is 0 Å². The van der Waals surface area contributed by atoms with Gasteiger partial charge in [0.15, 0.2) is 5.78 Å². The molecular weight excluding hydrogens is 388 g/mol. The Labute approximate surface area is 171 Å².